The van der Waals surface area contributed by atoms with Gasteiger partial charge in [-0.2, -0.15) is 0 Å². The number of unbranched alkanes of at least 4 members (excludes halogenated alkanes) is 25. The molecule has 0 aliphatic rings. The summed E-state index contributed by atoms with van der Waals surface area (Å²) in [5.41, 5.74) is 0. The van der Waals surface area contributed by atoms with Gasteiger partial charge >= 0.3 is 25.7 Å². The van der Waals surface area contributed by atoms with Crippen molar-refractivity contribution in [2.24, 2.45) is 0 Å². The van der Waals surface area contributed by atoms with Gasteiger partial charge in [-0.15, -0.1) is 0 Å². The second-order valence-corrected chi connectivity index (χ2v) is 20.2. The van der Waals surface area contributed by atoms with Gasteiger partial charge in [-0.25, -0.2) is 4.57 Å². The predicted molar refractivity (Wildman–Crippen MR) is 288 cm³/mol. The van der Waals surface area contributed by atoms with E-state index < -0.39 is 57.8 Å². The molecule has 406 valence electrons. The second-order valence-electron chi connectivity index (χ2n) is 18.7. The number of aliphatic hydroxyl groups is 1. The third kappa shape index (κ3) is 50.1. The van der Waals surface area contributed by atoms with Crippen molar-refractivity contribution in [1.82, 2.24) is 0 Å². The third-order valence-electron chi connectivity index (χ3n) is 11.9. The lowest BCUT2D eigenvalue weighted by Gasteiger charge is -2.21. The molecule has 0 spiro atoms. The maximum absolute atomic E-state index is 12.9. The molecule has 3 atom stereocenters. The molecule has 2 N–H and O–H groups in total. The zero-order valence-corrected chi connectivity index (χ0v) is 45.6. The van der Waals surface area contributed by atoms with Gasteiger partial charge in [-0.1, -0.05) is 210 Å². The Hall–Kier alpha value is -2.82. The van der Waals surface area contributed by atoms with Crippen molar-refractivity contribution in [3.63, 3.8) is 0 Å². The van der Waals surface area contributed by atoms with Gasteiger partial charge in [0, 0.05) is 19.3 Å². The highest BCUT2D eigenvalue weighted by molar-refractivity contribution is 7.47. The summed E-state index contributed by atoms with van der Waals surface area (Å²) in [7, 11) is -4.76. The Bertz CT molecular complexity index is 1410. The molecule has 0 amide bonds. The molecule has 0 fully saturated rings. The summed E-state index contributed by atoms with van der Waals surface area (Å²) in [5, 5.41) is 9.80. The summed E-state index contributed by atoms with van der Waals surface area (Å²) in [6, 6.07) is 0. The van der Waals surface area contributed by atoms with Crippen LogP contribution in [0.3, 0.4) is 0 Å². The molecule has 0 aromatic carbocycles. The molecule has 0 aromatic heterocycles. The van der Waals surface area contributed by atoms with Crippen LogP contribution in [0.1, 0.15) is 252 Å². The van der Waals surface area contributed by atoms with Gasteiger partial charge in [0.2, 0.25) is 0 Å². The molecule has 70 heavy (non-hydrogen) atoms. The Kier molecular flexibility index (Phi) is 50.4. The van der Waals surface area contributed by atoms with Crippen LogP contribution >= 0.6 is 7.82 Å². The topological polar surface area (TPSA) is 155 Å². The molecule has 0 radical (unpaired) electrons. The Morgan fingerprint density at radius 2 is 0.743 bits per heavy atom. The van der Waals surface area contributed by atoms with Gasteiger partial charge in [0.05, 0.1) is 19.8 Å². The number of esters is 3. The van der Waals surface area contributed by atoms with Crippen molar-refractivity contribution in [1.29, 1.82) is 0 Å². The van der Waals surface area contributed by atoms with Crippen LogP contribution in [-0.2, 0) is 42.2 Å². The Morgan fingerprint density at radius 1 is 0.414 bits per heavy atom. The van der Waals surface area contributed by atoms with Crippen LogP contribution in [0.15, 0.2) is 60.8 Å². The van der Waals surface area contributed by atoms with Crippen LogP contribution in [0.25, 0.3) is 0 Å². The van der Waals surface area contributed by atoms with Crippen molar-refractivity contribution in [3.05, 3.63) is 60.8 Å². The van der Waals surface area contributed by atoms with Gasteiger partial charge in [-0.05, 0) is 83.5 Å². The normalized spacial score (nSPS) is 13.8. The lowest BCUT2D eigenvalue weighted by Crippen LogP contribution is -2.30. The van der Waals surface area contributed by atoms with E-state index in [0.29, 0.717) is 19.3 Å². The monoisotopic (exact) mass is 1010 g/mol. The van der Waals surface area contributed by atoms with E-state index in [4.69, 9.17) is 23.3 Å². The maximum Gasteiger partial charge on any atom is 0.472 e. The number of carbonyl (C=O) groups is 3. The van der Waals surface area contributed by atoms with Gasteiger partial charge in [0.25, 0.3) is 0 Å². The average Bonchev–Trinajstić information content (AvgIpc) is 3.35. The van der Waals surface area contributed by atoms with Crippen molar-refractivity contribution in [2.75, 3.05) is 26.4 Å². The molecular weight excluding hydrogens is 904 g/mol. The predicted octanol–water partition coefficient (Wildman–Crippen LogP) is 16.4. The largest absolute Gasteiger partial charge is 0.472 e. The smallest absolute Gasteiger partial charge is 0.462 e. The number of phosphoric acid groups is 1. The van der Waals surface area contributed by atoms with Gasteiger partial charge in [0.15, 0.2) is 6.10 Å². The first-order chi connectivity index (χ1) is 34.2. The number of allylic oxidation sites excluding steroid dienone is 10. The fourth-order valence-electron chi connectivity index (χ4n) is 7.64. The average molecular weight is 1010 g/mol. The molecular formula is C58H103O11P. The SMILES string of the molecule is CC/C=C\C/C=C\C/C=C\C/C=C\CCCCC(=O)OC(COC(=O)CCCCCCC/C=C\CCCCCCCC)COP(=O)(O)OCC(CO)OC(=O)CCCCCCCCCCCCCCC. The molecule has 0 saturated heterocycles. The first-order valence-electron chi connectivity index (χ1n) is 28.2. The Labute approximate surface area is 427 Å². The minimum Gasteiger partial charge on any atom is -0.462 e. The molecule has 12 heteroatoms. The fraction of sp³-hybridized carbons (Fsp3) is 0.776. The van der Waals surface area contributed by atoms with Gasteiger partial charge in [-0.3, -0.25) is 23.4 Å². The second kappa shape index (κ2) is 52.5. The van der Waals surface area contributed by atoms with E-state index in [-0.39, 0.29) is 25.9 Å². The number of carbonyl (C=O) groups excluding carboxylic acids is 3. The minimum atomic E-state index is -4.76. The van der Waals surface area contributed by atoms with Crippen molar-refractivity contribution < 1.29 is 52.2 Å². The van der Waals surface area contributed by atoms with E-state index in [1.165, 1.54) is 96.3 Å². The van der Waals surface area contributed by atoms with Crippen LogP contribution < -0.4 is 0 Å². The molecule has 11 nitrogen and oxygen atoms in total. The maximum atomic E-state index is 12.9. The summed E-state index contributed by atoms with van der Waals surface area (Å²) in [6.45, 7) is 4.48. The van der Waals surface area contributed by atoms with Crippen molar-refractivity contribution in [2.45, 2.75) is 264 Å². The number of hydrogen-bond acceptors (Lipinski definition) is 10. The van der Waals surface area contributed by atoms with E-state index >= 15 is 0 Å². The zero-order chi connectivity index (χ0) is 51.3. The molecule has 3 unspecified atom stereocenters. The highest BCUT2D eigenvalue weighted by Gasteiger charge is 2.28. The van der Waals surface area contributed by atoms with Crippen LogP contribution in [-0.4, -0.2) is 66.5 Å². The summed E-state index contributed by atoms with van der Waals surface area (Å²) >= 11 is 0. The van der Waals surface area contributed by atoms with E-state index in [0.717, 1.165) is 96.3 Å². The lowest BCUT2D eigenvalue weighted by atomic mass is 10.0. The standard InChI is InChI=1S/C58H103O11P/c1-4-7-10-13-16-19-22-25-27-30-32-35-38-41-44-47-56(60)65-51-55(69-58(62)49-46-43-40-37-34-31-28-26-23-20-17-14-11-8-5-2)53-67-70(63,64)66-52-54(50-59)68-57(61)48-45-42-39-36-33-29-24-21-18-15-12-9-6-3/h8,11,17,20,25-28,34,37,54-55,59H,4-7,9-10,12-16,18-19,21-24,29-33,35-36,38-53H2,1-3H3,(H,63,64)/b11-8-,20-17-,27-25-,28-26-,37-34-. The molecule has 0 rings (SSSR count). The highest BCUT2D eigenvalue weighted by atomic mass is 31.2. The quantitative estimate of drug-likeness (QED) is 0.0197. The van der Waals surface area contributed by atoms with Crippen LogP contribution in [0.4, 0.5) is 0 Å². The summed E-state index contributed by atoms with van der Waals surface area (Å²) in [6.07, 6.45) is 56.1. The summed E-state index contributed by atoms with van der Waals surface area (Å²) in [5.74, 6) is -1.52. The van der Waals surface area contributed by atoms with Crippen LogP contribution in [0.5, 0.6) is 0 Å². The molecule has 0 heterocycles. The molecule has 0 aliphatic heterocycles. The van der Waals surface area contributed by atoms with Gasteiger partial charge < -0.3 is 24.2 Å². The van der Waals surface area contributed by atoms with Crippen molar-refractivity contribution in [3.8, 4) is 0 Å². The number of hydrogen-bond donors (Lipinski definition) is 2. The van der Waals surface area contributed by atoms with E-state index in [9.17, 15) is 28.9 Å². The highest BCUT2D eigenvalue weighted by Crippen LogP contribution is 2.43. The number of aliphatic hydroxyl groups excluding tert-OH is 1. The molecule has 0 saturated carbocycles. The zero-order valence-electron chi connectivity index (χ0n) is 44.7. The number of ether oxygens (including phenoxy) is 3. The first-order valence-corrected chi connectivity index (χ1v) is 29.7. The van der Waals surface area contributed by atoms with E-state index in [2.05, 4.69) is 81.5 Å². The molecule has 0 bridgehead atoms. The molecule has 0 aromatic rings. The van der Waals surface area contributed by atoms with Crippen molar-refractivity contribution >= 4 is 25.7 Å². The number of rotatable bonds is 52. The number of phosphoric ester groups is 1. The van der Waals surface area contributed by atoms with E-state index in [1.54, 1.807) is 0 Å². The first kappa shape index (κ1) is 67.2. The summed E-state index contributed by atoms with van der Waals surface area (Å²) in [4.78, 5) is 48.4. The Balaban J connectivity index is 4.79. The van der Waals surface area contributed by atoms with Crippen LogP contribution in [0, 0.1) is 0 Å². The minimum absolute atomic E-state index is 0.114. The Morgan fingerprint density at radius 3 is 1.19 bits per heavy atom. The van der Waals surface area contributed by atoms with Crippen LogP contribution in [0.2, 0.25) is 0 Å². The lowest BCUT2D eigenvalue weighted by molar-refractivity contribution is -0.161. The molecule has 0 aliphatic carbocycles. The summed E-state index contributed by atoms with van der Waals surface area (Å²) < 4.78 is 39.4. The van der Waals surface area contributed by atoms with Gasteiger partial charge in [0.1, 0.15) is 12.7 Å². The third-order valence-corrected chi connectivity index (χ3v) is 12.9. The van der Waals surface area contributed by atoms with E-state index in [1.807, 2.05) is 0 Å². The fourth-order valence-corrected chi connectivity index (χ4v) is 8.42.